The molecule has 0 bridgehead atoms. The van der Waals surface area contributed by atoms with Crippen molar-refractivity contribution in [1.82, 2.24) is 9.97 Å². The van der Waals surface area contributed by atoms with Crippen molar-refractivity contribution in [3.05, 3.63) is 58.7 Å². The summed E-state index contributed by atoms with van der Waals surface area (Å²) >= 11 is 0. The molecule has 152 valence electrons. The minimum atomic E-state index is -2.93. The highest BCUT2D eigenvalue weighted by atomic mass is 19.3. The number of hydrogen-bond acceptors (Lipinski definition) is 5. The van der Waals surface area contributed by atoms with Crippen LogP contribution in [0.3, 0.4) is 0 Å². The van der Waals surface area contributed by atoms with E-state index in [4.69, 9.17) is 4.74 Å². The highest BCUT2D eigenvalue weighted by Crippen LogP contribution is 2.32. The average Bonchev–Trinajstić information content (AvgIpc) is 2.66. The highest BCUT2D eigenvalue weighted by Gasteiger charge is 2.21. The Morgan fingerprint density at radius 3 is 2.52 bits per heavy atom. The van der Waals surface area contributed by atoms with Gasteiger partial charge in [0.1, 0.15) is 28.8 Å². The first-order valence-corrected chi connectivity index (χ1v) is 8.65. The van der Waals surface area contributed by atoms with Crippen molar-refractivity contribution in [2.24, 2.45) is 0 Å². The van der Waals surface area contributed by atoms with E-state index < -0.39 is 29.8 Å². The normalized spacial score (nSPS) is 12.2. The standard InChI is InChI=1S/C20H18F3N3O3/c1-9(11-5-4-6-12(17(11)21)18(22)23)24-19-13-8-16(29-3)14(20(27)28)7-15(13)25-10(2)26-19/h4-9,18H,1-3H3,(H,27,28)(H,24,25,26)/t9-/m1/s1. The van der Waals surface area contributed by atoms with Gasteiger partial charge in [0, 0.05) is 10.9 Å². The summed E-state index contributed by atoms with van der Waals surface area (Å²) < 4.78 is 45.6. The predicted octanol–water partition coefficient (Wildman–Crippen LogP) is 4.89. The Kier molecular flexibility index (Phi) is 5.58. The minimum absolute atomic E-state index is 0.0568. The van der Waals surface area contributed by atoms with Gasteiger partial charge in [-0.2, -0.15) is 0 Å². The summed E-state index contributed by atoms with van der Waals surface area (Å²) in [6.45, 7) is 3.23. The summed E-state index contributed by atoms with van der Waals surface area (Å²) in [5.74, 6) is -1.39. The number of alkyl halides is 2. The summed E-state index contributed by atoms with van der Waals surface area (Å²) in [5, 5.41) is 12.8. The van der Waals surface area contributed by atoms with Crippen molar-refractivity contribution in [1.29, 1.82) is 0 Å². The quantitative estimate of drug-likeness (QED) is 0.607. The Balaban J connectivity index is 2.08. The topological polar surface area (TPSA) is 84.3 Å². The van der Waals surface area contributed by atoms with E-state index in [0.717, 1.165) is 6.07 Å². The van der Waals surface area contributed by atoms with Gasteiger partial charge in [0.25, 0.3) is 6.43 Å². The van der Waals surface area contributed by atoms with Crippen molar-refractivity contribution < 1.29 is 27.8 Å². The number of halogens is 3. The van der Waals surface area contributed by atoms with Crippen molar-refractivity contribution >= 4 is 22.7 Å². The van der Waals surface area contributed by atoms with E-state index >= 15 is 0 Å². The number of ether oxygens (including phenoxy) is 1. The van der Waals surface area contributed by atoms with E-state index in [-0.39, 0.29) is 16.9 Å². The molecule has 0 saturated heterocycles. The fraction of sp³-hybridized carbons (Fsp3) is 0.250. The van der Waals surface area contributed by atoms with Gasteiger partial charge in [-0.3, -0.25) is 0 Å². The fourth-order valence-corrected chi connectivity index (χ4v) is 3.07. The number of methoxy groups -OCH3 is 1. The van der Waals surface area contributed by atoms with Crippen LogP contribution in [0.2, 0.25) is 0 Å². The monoisotopic (exact) mass is 405 g/mol. The van der Waals surface area contributed by atoms with Crippen molar-refractivity contribution in [3.63, 3.8) is 0 Å². The summed E-state index contributed by atoms with van der Waals surface area (Å²) in [5.41, 5.74) is -0.325. The summed E-state index contributed by atoms with van der Waals surface area (Å²) in [6, 6.07) is 5.95. The lowest BCUT2D eigenvalue weighted by molar-refractivity contribution is 0.0693. The molecule has 1 atom stereocenters. The zero-order valence-corrected chi connectivity index (χ0v) is 15.8. The summed E-state index contributed by atoms with van der Waals surface area (Å²) in [6.07, 6.45) is -2.93. The van der Waals surface area contributed by atoms with Crippen LogP contribution in [0, 0.1) is 12.7 Å². The number of aryl methyl sites for hydroxylation is 1. The first kappa shape index (κ1) is 20.4. The number of fused-ring (bicyclic) bond motifs is 1. The van der Waals surface area contributed by atoms with E-state index in [1.54, 1.807) is 13.8 Å². The number of anilines is 1. The van der Waals surface area contributed by atoms with E-state index in [9.17, 15) is 23.1 Å². The number of nitrogens with zero attached hydrogens (tertiary/aromatic N) is 2. The molecule has 1 aromatic heterocycles. The Morgan fingerprint density at radius 2 is 1.90 bits per heavy atom. The van der Waals surface area contributed by atoms with Crippen LogP contribution in [0.15, 0.2) is 30.3 Å². The molecule has 0 unspecified atom stereocenters. The molecule has 9 heteroatoms. The molecule has 0 aliphatic carbocycles. The van der Waals surface area contributed by atoms with Crippen LogP contribution in [0.5, 0.6) is 5.75 Å². The summed E-state index contributed by atoms with van der Waals surface area (Å²) in [4.78, 5) is 20.0. The second-order valence-corrected chi connectivity index (χ2v) is 6.41. The molecule has 0 aliphatic heterocycles. The lowest BCUT2D eigenvalue weighted by Crippen LogP contribution is -2.12. The van der Waals surface area contributed by atoms with E-state index in [1.165, 1.54) is 31.4 Å². The molecular weight excluding hydrogens is 387 g/mol. The maximum Gasteiger partial charge on any atom is 0.339 e. The molecule has 0 amide bonds. The van der Waals surface area contributed by atoms with E-state index in [2.05, 4.69) is 15.3 Å². The van der Waals surface area contributed by atoms with Gasteiger partial charge in [0.05, 0.1) is 24.2 Å². The first-order valence-electron chi connectivity index (χ1n) is 8.65. The molecule has 3 rings (SSSR count). The molecule has 2 N–H and O–H groups in total. The van der Waals surface area contributed by atoms with Crippen molar-refractivity contribution in [2.45, 2.75) is 26.3 Å². The van der Waals surface area contributed by atoms with Crippen molar-refractivity contribution in [3.8, 4) is 5.75 Å². The third-order valence-corrected chi connectivity index (χ3v) is 4.47. The first-order chi connectivity index (χ1) is 13.7. The molecule has 1 heterocycles. The number of hydrogen-bond donors (Lipinski definition) is 2. The Morgan fingerprint density at radius 1 is 1.21 bits per heavy atom. The lowest BCUT2D eigenvalue weighted by Gasteiger charge is -2.19. The largest absolute Gasteiger partial charge is 0.496 e. The molecule has 3 aromatic rings. The van der Waals surface area contributed by atoms with Crippen LogP contribution >= 0.6 is 0 Å². The zero-order chi connectivity index (χ0) is 21.3. The average molecular weight is 405 g/mol. The number of nitrogens with one attached hydrogen (secondary N) is 1. The van der Waals surface area contributed by atoms with Gasteiger partial charge < -0.3 is 15.2 Å². The SMILES string of the molecule is COc1cc2c(N[C@H](C)c3cccc(C(F)F)c3F)nc(C)nc2cc1C(=O)O. The fourth-order valence-electron chi connectivity index (χ4n) is 3.07. The van der Waals surface area contributed by atoms with E-state index in [0.29, 0.717) is 22.5 Å². The zero-order valence-electron chi connectivity index (χ0n) is 15.8. The second-order valence-electron chi connectivity index (χ2n) is 6.41. The van der Waals surface area contributed by atoms with Gasteiger partial charge in [-0.05, 0) is 26.0 Å². The molecule has 0 aliphatic rings. The third kappa shape index (κ3) is 3.94. The maximum atomic E-state index is 14.5. The highest BCUT2D eigenvalue weighted by molar-refractivity contribution is 5.99. The van der Waals surface area contributed by atoms with Crippen LogP contribution in [0.1, 0.15) is 46.7 Å². The van der Waals surface area contributed by atoms with Gasteiger partial charge in [0.15, 0.2) is 0 Å². The number of carbonyl (C=O) groups is 1. The number of rotatable bonds is 6. The lowest BCUT2D eigenvalue weighted by atomic mass is 10.0. The van der Waals surface area contributed by atoms with Gasteiger partial charge in [0.2, 0.25) is 0 Å². The third-order valence-electron chi connectivity index (χ3n) is 4.47. The van der Waals surface area contributed by atoms with E-state index in [1.807, 2.05) is 0 Å². The van der Waals surface area contributed by atoms with Crippen LogP contribution in [0.4, 0.5) is 19.0 Å². The predicted molar refractivity (Wildman–Crippen MR) is 101 cm³/mol. The van der Waals surface area contributed by atoms with Crippen LogP contribution in [-0.4, -0.2) is 28.2 Å². The number of benzene rings is 2. The molecule has 0 radical (unpaired) electrons. The van der Waals surface area contributed by atoms with Gasteiger partial charge >= 0.3 is 5.97 Å². The maximum absolute atomic E-state index is 14.5. The van der Waals surface area contributed by atoms with Gasteiger partial charge in [-0.1, -0.05) is 18.2 Å². The Bertz CT molecular complexity index is 1090. The number of carboxylic acid groups (broad SMARTS) is 1. The number of carboxylic acids is 1. The molecule has 29 heavy (non-hydrogen) atoms. The van der Waals surface area contributed by atoms with Crippen LogP contribution < -0.4 is 10.1 Å². The van der Waals surface area contributed by atoms with Gasteiger partial charge in [-0.25, -0.2) is 27.9 Å². The Labute approximate surface area is 164 Å². The molecule has 0 fully saturated rings. The molecule has 2 aromatic carbocycles. The molecular formula is C20H18F3N3O3. The number of aromatic nitrogens is 2. The second kappa shape index (κ2) is 7.94. The summed E-state index contributed by atoms with van der Waals surface area (Å²) in [7, 11) is 1.34. The molecule has 0 saturated carbocycles. The smallest absolute Gasteiger partial charge is 0.339 e. The van der Waals surface area contributed by atoms with Crippen LogP contribution in [-0.2, 0) is 0 Å². The molecule has 6 nitrogen and oxygen atoms in total. The minimum Gasteiger partial charge on any atom is -0.496 e. The van der Waals surface area contributed by atoms with Crippen molar-refractivity contribution in [2.75, 3.05) is 12.4 Å². The molecule has 0 spiro atoms. The van der Waals surface area contributed by atoms with Crippen LogP contribution in [0.25, 0.3) is 10.9 Å². The Hall–Kier alpha value is -3.36. The van der Waals surface area contributed by atoms with Gasteiger partial charge in [-0.15, -0.1) is 0 Å². The number of aromatic carboxylic acids is 1.